The second kappa shape index (κ2) is 5.12. The molecule has 2 aromatic heterocycles. The van der Waals surface area contributed by atoms with E-state index >= 15 is 0 Å². The van der Waals surface area contributed by atoms with E-state index in [9.17, 15) is 0 Å². The molecule has 16 heavy (non-hydrogen) atoms. The van der Waals surface area contributed by atoms with Crippen LogP contribution in [-0.2, 0) is 6.42 Å². The summed E-state index contributed by atoms with van der Waals surface area (Å²) in [6, 6.07) is 3.71. The lowest BCUT2D eigenvalue weighted by atomic mass is 10.1. The molecule has 2 rings (SSSR count). The van der Waals surface area contributed by atoms with Gasteiger partial charge in [0.25, 0.3) is 0 Å². The Balaban J connectivity index is 2.17. The minimum absolute atomic E-state index is 0.139. The summed E-state index contributed by atoms with van der Waals surface area (Å²) in [5.41, 5.74) is 8.01. The molecule has 84 valence electrons. The molecule has 1 unspecified atom stereocenters. The number of halogens is 2. The van der Waals surface area contributed by atoms with Gasteiger partial charge in [-0.25, -0.2) is 0 Å². The summed E-state index contributed by atoms with van der Waals surface area (Å²) in [6.45, 7) is 0. The van der Waals surface area contributed by atoms with Crippen molar-refractivity contribution in [1.82, 2.24) is 4.98 Å². The minimum Gasteiger partial charge on any atom is -0.472 e. The number of rotatable bonds is 3. The smallest absolute Gasteiger partial charge is 0.0935 e. The maximum atomic E-state index is 6.09. The van der Waals surface area contributed by atoms with Gasteiger partial charge in [0.15, 0.2) is 0 Å². The van der Waals surface area contributed by atoms with Crippen LogP contribution < -0.4 is 5.73 Å². The molecule has 2 heterocycles. The average molecular weight is 346 g/mol. The van der Waals surface area contributed by atoms with Gasteiger partial charge in [-0.3, -0.25) is 4.98 Å². The Morgan fingerprint density at radius 1 is 1.44 bits per heavy atom. The van der Waals surface area contributed by atoms with E-state index < -0.39 is 0 Å². The third-order valence-corrected chi connectivity index (χ3v) is 3.29. The van der Waals surface area contributed by atoms with Crippen molar-refractivity contribution in [2.75, 3.05) is 0 Å². The van der Waals surface area contributed by atoms with Crippen LogP contribution in [0.15, 0.2) is 44.2 Å². The van der Waals surface area contributed by atoms with E-state index in [1.807, 2.05) is 12.1 Å². The summed E-state index contributed by atoms with van der Waals surface area (Å²) in [7, 11) is 0. The highest BCUT2D eigenvalue weighted by Gasteiger charge is 2.13. The second-order valence-corrected chi connectivity index (χ2v) is 5.23. The number of pyridine rings is 1. The van der Waals surface area contributed by atoms with Crippen LogP contribution in [0.2, 0.25) is 0 Å². The van der Waals surface area contributed by atoms with E-state index in [2.05, 4.69) is 36.8 Å². The van der Waals surface area contributed by atoms with Crippen LogP contribution in [0, 0.1) is 0 Å². The lowest BCUT2D eigenvalue weighted by Gasteiger charge is -2.11. The molecule has 0 aliphatic carbocycles. The predicted molar refractivity (Wildman–Crippen MR) is 69.0 cm³/mol. The lowest BCUT2D eigenvalue weighted by Crippen LogP contribution is -2.15. The molecular formula is C11H10Br2N2O. The zero-order valence-electron chi connectivity index (χ0n) is 8.36. The number of aromatic nitrogens is 1. The number of hydrogen-bond donors (Lipinski definition) is 1. The zero-order valence-corrected chi connectivity index (χ0v) is 11.5. The summed E-state index contributed by atoms with van der Waals surface area (Å²) < 4.78 is 6.85. The summed E-state index contributed by atoms with van der Waals surface area (Å²) in [4.78, 5) is 4.31. The van der Waals surface area contributed by atoms with Gasteiger partial charge in [0.1, 0.15) is 0 Å². The summed E-state index contributed by atoms with van der Waals surface area (Å²) in [6.07, 6.45) is 5.80. The maximum Gasteiger partial charge on any atom is 0.0935 e. The molecule has 0 fully saturated rings. The predicted octanol–water partition coefficient (Wildman–Crippen LogP) is 3.44. The van der Waals surface area contributed by atoms with E-state index in [0.29, 0.717) is 6.42 Å². The molecule has 0 bridgehead atoms. The SMILES string of the molecule is NC(Cc1ccoc1)c1ncc(Br)cc1Br. The van der Waals surface area contributed by atoms with E-state index in [0.717, 1.165) is 20.2 Å². The first-order valence-electron chi connectivity index (χ1n) is 4.74. The van der Waals surface area contributed by atoms with Crippen molar-refractivity contribution < 1.29 is 4.42 Å². The molecule has 0 aromatic carbocycles. The fourth-order valence-electron chi connectivity index (χ4n) is 1.46. The van der Waals surface area contributed by atoms with Crippen LogP contribution in [0.1, 0.15) is 17.3 Å². The Morgan fingerprint density at radius 2 is 2.25 bits per heavy atom. The van der Waals surface area contributed by atoms with Crippen molar-refractivity contribution in [2.24, 2.45) is 5.73 Å². The quantitative estimate of drug-likeness (QED) is 0.926. The van der Waals surface area contributed by atoms with Gasteiger partial charge < -0.3 is 10.2 Å². The van der Waals surface area contributed by atoms with Crippen LogP contribution in [0.4, 0.5) is 0 Å². The normalized spacial score (nSPS) is 12.7. The second-order valence-electron chi connectivity index (χ2n) is 3.46. The Kier molecular flexibility index (Phi) is 3.78. The van der Waals surface area contributed by atoms with Gasteiger partial charge in [-0.1, -0.05) is 0 Å². The molecular weight excluding hydrogens is 336 g/mol. The third-order valence-electron chi connectivity index (χ3n) is 2.22. The summed E-state index contributed by atoms with van der Waals surface area (Å²) in [5, 5.41) is 0. The lowest BCUT2D eigenvalue weighted by molar-refractivity contribution is 0.560. The Morgan fingerprint density at radius 3 is 2.88 bits per heavy atom. The van der Waals surface area contributed by atoms with Crippen molar-refractivity contribution in [2.45, 2.75) is 12.5 Å². The van der Waals surface area contributed by atoms with Crippen LogP contribution in [-0.4, -0.2) is 4.98 Å². The molecule has 0 amide bonds. The van der Waals surface area contributed by atoms with Crippen molar-refractivity contribution >= 4 is 31.9 Å². The van der Waals surface area contributed by atoms with Crippen LogP contribution in [0.5, 0.6) is 0 Å². The van der Waals surface area contributed by atoms with Gasteiger partial charge in [0, 0.05) is 15.1 Å². The van der Waals surface area contributed by atoms with Gasteiger partial charge in [-0.2, -0.15) is 0 Å². The van der Waals surface area contributed by atoms with Crippen LogP contribution in [0.25, 0.3) is 0 Å². The van der Waals surface area contributed by atoms with Crippen molar-refractivity contribution in [3.05, 3.63) is 51.1 Å². The topological polar surface area (TPSA) is 52.0 Å². The highest BCUT2D eigenvalue weighted by molar-refractivity contribution is 9.11. The summed E-state index contributed by atoms with van der Waals surface area (Å²) >= 11 is 6.81. The Labute approximate surface area is 110 Å². The molecule has 5 heteroatoms. The maximum absolute atomic E-state index is 6.09. The fraction of sp³-hybridized carbons (Fsp3) is 0.182. The first-order chi connectivity index (χ1) is 7.66. The minimum atomic E-state index is -0.139. The first kappa shape index (κ1) is 11.8. The van der Waals surface area contributed by atoms with E-state index in [4.69, 9.17) is 10.2 Å². The molecule has 0 aliphatic heterocycles. The highest BCUT2D eigenvalue weighted by Crippen LogP contribution is 2.25. The van der Waals surface area contributed by atoms with Crippen LogP contribution >= 0.6 is 31.9 Å². The standard InChI is InChI=1S/C11H10Br2N2O/c12-8-4-9(13)11(15-5-8)10(14)3-7-1-2-16-6-7/h1-2,4-6,10H,3,14H2. The van der Waals surface area contributed by atoms with Gasteiger partial charge in [0.05, 0.1) is 24.3 Å². The summed E-state index contributed by atoms with van der Waals surface area (Å²) in [5.74, 6) is 0. The monoisotopic (exact) mass is 344 g/mol. The molecule has 1 atom stereocenters. The highest BCUT2D eigenvalue weighted by atomic mass is 79.9. The van der Waals surface area contributed by atoms with E-state index in [-0.39, 0.29) is 6.04 Å². The molecule has 2 N–H and O–H groups in total. The Bertz CT molecular complexity index is 471. The van der Waals surface area contributed by atoms with Gasteiger partial charge in [-0.05, 0) is 56.0 Å². The number of furan rings is 1. The molecule has 3 nitrogen and oxygen atoms in total. The van der Waals surface area contributed by atoms with Crippen LogP contribution in [0.3, 0.4) is 0 Å². The largest absolute Gasteiger partial charge is 0.472 e. The van der Waals surface area contributed by atoms with Gasteiger partial charge in [-0.15, -0.1) is 0 Å². The van der Waals surface area contributed by atoms with Crippen molar-refractivity contribution in [3.8, 4) is 0 Å². The number of nitrogens with two attached hydrogens (primary N) is 1. The molecule has 0 aliphatic rings. The van der Waals surface area contributed by atoms with Gasteiger partial charge in [0.2, 0.25) is 0 Å². The fourth-order valence-corrected chi connectivity index (χ4v) is 2.74. The first-order valence-corrected chi connectivity index (χ1v) is 6.33. The molecule has 0 radical (unpaired) electrons. The molecule has 0 spiro atoms. The molecule has 2 aromatic rings. The van der Waals surface area contributed by atoms with E-state index in [1.165, 1.54) is 0 Å². The van der Waals surface area contributed by atoms with Crippen molar-refractivity contribution in [1.29, 1.82) is 0 Å². The Hall–Kier alpha value is -0.650. The van der Waals surface area contributed by atoms with E-state index in [1.54, 1.807) is 18.7 Å². The molecule has 0 saturated carbocycles. The average Bonchev–Trinajstić information content (AvgIpc) is 2.70. The van der Waals surface area contributed by atoms with Crippen molar-refractivity contribution in [3.63, 3.8) is 0 Å². The zero-order chi connectivity index (χ0) is 11.5. The number of nitrogens with zero attached hydrogens (tertiary/aromatic N) is 1. The molecule has 0 saturated heterocycles. The third kappa shape index (κ3) is 2.72. The van der Waals surface area contributed by atoms with Gasteiger partial charge >= 0.3 is 0 Å². The number of hydrogen-bond acceptors (Lipinski definition) is 3.